The summed E-state index contributed by atoms with van der Waals surface area (Å²) in [6.45, 7) is 3.93. The van der Waals surface area contributed by atoms with Crippen LogP contribution in [0.2, 0.25) is 0 Å². The molecule has 0 amide bonds. The summed E-state index contributed by atoms with van der Waals surface area (Å²) in [7, 11) is 0. The summed E-state index contributed by atoms with van der Waals surface area (Å²) in [4.78, 5) is 0. The van der Waals surface area contributed by atoms with Crippen molar-refractivity contribution in [2.75, 3.05) is 33.0 Å². The SMILES string of the molecule is OCC1(CCCCC2CCOCC2)CCOCC1. The minimum absolute atomic E-state index is 0.175. The molecule has 0 aromatic rings. The fourth-order valence-electron chi connectivity index (χ4n) is 3.26. The highest BCUT2D eigenvalue weighted by Crippen LogP contribution is 2.35. The van der Waals surface area contributed by atoms with Crippen LogP contribution in [0.3, 0.4) is 0 Å². The van der Waals surface area contributed by atoms with Crippen molar-refractivity contribution in [3.05, 3.63) is 0 Å². The Morgan fingerprint density at radius 1 is 0.944 bits per heavy atom. The van der Waals surface area contributed by atoms with Gasteiger partial charge in [-0.15, -0.1) is 0 Å². The molecule has 1 N–H and O–H groups in total. The Balaban J connectivity index is 1.61. The Bertz CT molecular complexity index is 218. The zero-order valence-electron chi connectivity index (χ0n) is 11.5. The molecule has 0 saturated carbocycles. The molecule has 0 radical (unpaired) electrons. The second kappa shape index (κ2) is 7.46. The van der Waals surface area contributed by atoms with Crippen molar-refractivity contribution in [2.45, 2.75) is 51.4 Å². The van der Waals surface area contributed by atoms with E-state index in [4.69, 9.17) is 9.47 Å². The van der Waals surface area contributed by atoms with Crippen LogP contribution in [0.25, 0.3) is 0 Å². The number of ether oxygens (including phenoxy) is 2. The van der Waals surface area contributed by atoms with Gasteiger partial charge in [-0.25, -0.2) is 0 Å². The predicted octanol–water partition coefficient (Wildman–Crippen LogP) is 2.76. The van der Waals surface area contributed by atoms with Crippen LogP contribution in [-0.2, 0) is 9.47 Å². The number of rotatable bonds is 6. The smallest absolute Gasteiger partial charge is 0.0489 e. The van der Waals surface area contributed by atoms with Gasteiger partial charge in [-0.3, -0.25) is 0 Å². The van der Waals surface area contributed by atoms with Crippen LogP contribution in [0.15, 0.2) is 0 Å². The molecule has 0 aromatic carbocycles. The lowest BCUT2D eigenvalue weighted by molar-refractivity contribution is -0.0222. The molecule has 3 heteroatoms. The van der Waals surface area contributed by atoms with Crippen molar-refractivity contribution in [3.63, 3.8) is 0 Å². The minimum atomic E-state index is 0.175. The second-order valence-electron chi connectivity index (χ2n) is 6.07. The van der Waals surface area contributed by atoms with Crippen molar-refractivity contribution in [1.82, 2.24) is 0 Å². The van der Waals surface area contributed by atoms with E-state index < -0.39 is 0 Å². The number of hydrogen-bond acceptors (Lipinski definition) is 3. The van der Waals surface area contributed by atoms with Gasteiger partial charge >= 0.3 is 0 Å². The normalized spacial score (nSPS) is 25.2. The summed E-state index contributed by atoms with van der Waals surface area (Å²) >= 11 is 0. The summed E-state index contributed by atoms with van der Waals surface area (Å²) in [6.07, 6.45) is 9.68. The van der Waals surface area contributed by atoms with Gasteiger partial charge < -0.3 is 14.6 Å². The Hall–Kier alpha value is -0.120. The van der Waals surface area contributed by atoms with E-state index in [1.807, 2.05) is 0 Å². The van der Waals surface area contributed by atoms with Crippen LogP contribution in [-0.4, -0.2) is 38.1 Å². The van der Waals surface area contributed by atoms with Crippen LogP contribution in [0.5, 0.6) is 0 Å². The highest BCUT2D eigenvalue weighted by Gasteiger charge is 2.31. The first kappa shape index (κ1) is 14.3. The highest BCUT2D eigenvalue weighted by atomic mass is 16.5. The minimum Gasteiger partial charge on any atom is -0.396 e. The molecular weight excluding hydrogens is 228 g/mol. The van der Waals surface area contributed by atoms with Gasteiger partial charge in [0, 0.05) is 33.0 Å². The maximum Gasteiger partial charge on any atom is 0.0489 e. The van der Waals surface area contributed by atoms with Crippen LogP contribution in [0, 0.1) is 11.3 Å². The van der Waals surface area contributed by atoms with Crippen molar-refractivity contribution in [1.29, 1.82) is 0 Å². The van der Waals surface area contributed by atoms with Crippen molar-refractivity contribution >= 4 is 0 Å². The highest BCUT2D eigenvalue weighted by molar-refractivity contribution is 4.81. The van der Waals surface area contributed by atoms with Gasteiger partial charge in [-0.05, 0) is 43.4 Å². The molecule has 0 aliphatic carbocycles. The first-order chi connectivity index (χ1) is 8.85. The molecule has 18 heavy (non-hydrogen) atoms. The van der Waals surface area contributed by atoms with Crippen molar-refractivity contribution < 1.29 is 14.6 Å². The molecule has 2 saturated heterocycles. The fourth-order valence-corrected chi connectivity index (χ4v) is 3.26. The average molecular weight is 256 g/mol. The molecule has 2 aliphatic heterocycles. The van der Waals surface area contributed by atoms with Gasteiger partial charge in [0.25, 0.3) is 0 Å². The molecule has 2 rings (SSSR count). The lowest BCUT2D eigenvalue weighted by atomic mass is 9.76. The maximum absolute atomic E-state index is 9.62. The van der Waals surface area contributed by atoms with Crippen molar-refractivity contribution in [2.24, 2.45) is 11.3 Å². The first-order valence-electron chi connectivity index (χ1n) is 7.61. The monoisotopic (exact) mass is 256 g/mol. The van der Waals surface area contributed by atoms with Gasteiger partial charge in [0.05, 0.1) is 0 Å². The third-order valence-electron chi connectivity index (χ3n) is 4.80. The van der Waals surface area contributed by atoms with Gasteiger partial charge in [0.1, 0.15) is 0 Å². The molecule has 0 spiro atoms. The molecular formula is C15H28O3. The van der Waals surface area contributed by atoms with E-state index in [2.05, 4.69) is 0 Å². The van der Waals surface area contributed by atoms with E-state index >= 15 is 0 Å². The van der Waals surface area contributed by atoms with Crippen LogP contribution < -0.4 is 0 Å². The quantitative estimate of drug-likeness (QED) is 0.743. The Morgan fingerprint density at radius 2 is 1.61 bits per heavy atom. The molecule has 2 fully saturated rings. The summed E-state index contributed by atoms with van der Waals surface area (Å²) in [5, 5.41) is 9.62. The van der Waals surface area contributed by atoms with Gasteiger partial charge in [0.2, 0.25) is 0 Å². The van der Waals surface area contributed by atoms with Crippen molar-refractivity contribution in [3.8, 4) is 0 Å². The molecule has 3 nitrogen and oxygen atoms in total. The fraction of sp³-hybridized carbons (Fsp3) is 1.00. The van der Waals surface area contributed by atoms with E-state index in [-0.39, 0.29) is 5.41 Å². The molecule has 0 unspecified atom stereocenters. The number of aliphatic hydroxyl groups excluding tert-OH is 1. The maximum atomic E-state index is 9.62. The van der Waals surface area contributed by atoms with Gasteiger partial charge in [-0.1, -0.05) is 19.3 Å². The topological polar surface area (TPSA) is 38.7 Å². The molecule has 0 atom stereocenters. The molecule has 0 bridgehead atoms. The lowest BCUT2D eigenvalue weighted by Gasteiger charge is -2.35. The third-order valence-corrected chi connectivity index (χ3v) is 4.80. The van der Waals surface area contributed by atoms with Crippen LogP contribution in [0.1, 0.15) is 51.4 Å². The van der Waals surface area contributed by atoms with Crippen LogP contribution >= 0.6 is 0 Å². The summed E-state index contributed by atoms with van der Waals surface area (Å²) in [5.41, 5.74) is 0.175. The molecule has 106 valence electrons. The Labute approximate surface area is 111 Å². The van der Waals surface area contributed by atoms with E-state index in [1.54, 1.807) is 0 Å². The van der Waals surface area contributed by atoms with Gasteiger partial charge in [-0.2, -0.15) is 0 Å². The summed E-state index contributed by atoms with van der Waals surface area (Å²) in [6, 6.07) is 0. The number of hydrogen-bond donors (Lipinski definition) is 1. The lowest BCUT2D eigenvalue weighted by Crippen LogP contribution is -2.33. The third kappa shape index (κ3) is 4.22. The number of unbranched alkanes of at least 4 members (excludes halogenated alkanes) is 1. The first-order valence-corrected chi connectivity index (χ1v) is 7.61. The zero-order valence-corrected chi connectivity index (χ0v) is 11.5. The van der Waals surface area contributed by atoms with E-state index in [0.717, 1.165) is 45.2 Å². The molecule has 0 aromatic heterocycles. The van der Waals surface area contributed by atoms with Crippen LogP contribution in [0.4, 0.5) is 0 Å². The molecule has 2 heterocycles. The predicted molar refractivity (Wildman–Crippen MR) is 71.6 cm³/mol. The summed E-state index contributed by atoms with van der Waals surface area (Å²) < 4.78 is 10.8. The van der Waals surface area contributed by atoms with Gasteiger partial charge in [0.15, 0.2) is 0 Å². The standard InChI is InChI=1S/C15H28O3/c16-13-15(7-11-18-12-8-15)6-2-1-3-14-4-9-17-10-5-14/h14,16H,1-13H2. The zero-order chi connectivity index (χ0) is 12.7. The Morgan fingerprint density at radius 3 is 2.28 bits per heavy atom. The Kier molecular flexibility index (Phi) is 5.93. The van der Waals surface area contributed by atoms with E-state index in [9.17, 15) is 5.11 Å². The van der Waals surface area contributed by atoms with E-state index in [1.165, 1.54) is 38.5 Å². The second-order valence-corrected chi connectivity index (χ2v) is 6.07. The summed E-state index contributed by atoms with van der Waals surface area (Å²) in [5.74, 6) is 0.888. The largest absolute Gasteiger partial charge is 0.396 e. The average Bonchev–Trinajstić information content (AvgIpc) is 2.46. The van der Waals surface area contributed by atoms with E-state index in [0.29, 0.717) is 6.61 Å². The molecule has 2 aliphatic rings. The number of aliphatic hydroxyl groups is 1.